The summed E-state index contributed by atoms with van der Waals surface area (Å²) in [7, 11) is 0. The number of aromatic nitrogens is 1. The lowest BCUT2D eigenvalue weighted by molar-refractivity contribution is 0.660. The lowest BCUT2D eigenvalue weighted by atomic mass is 9.82. The standard InChI is InChI=1S/C49H36N2/c1-49(2)42-23-9-5-21-41(42)48-43(49)24-14-28-47(48)51(44-25-10-6-18-38(44)37-22-13-16-33-15-3-4-17-36(33)37)35-31-29-34(30-32-35)50-45-26-11-7-19-39(45)40-20-8-12-27-46(40)50/h3-32H,1-2H3. The molecule has 0 bridgehead atoms. The van der Waals surface area contributed by atoms with Crippen LogP contribution in [0.3, 0.4) is 0 Å². The van der Waals surface area contributed by atoms with Crippen LogP contribution in [0.25, 0.3) is 60.5 Å². The minimum absolute atomic E-state index is 0.108. The summed E-state index contributed by atoms with van der Waals surface area (Å²) in [5.74, 6) is 0. The second-order valence-corrected chi connectivity index (χ2v) is 14.1. The molecule has 1 aliphatic carbocycles. The maximum absolute atomic E-state index is 2.49. The van der Waals surface area contributed by atoms with Crippen LogP contribution in [-0.2, 0) is 5.41 Å². The van der Waals surface area contributed by atoms with Gasteiger partial charge in [-0.15, -0.1) is 0 Å². The molecule has 2 nitrogen and oxygen atoms in total. The van der Waals surface area contributed by atoms with Crippen LogP contribution in [0, 0.1) is 0 Å². The number of hydrogen-bond acceptors (Lipinski definition) is 1. The molecule has 0 N–H and O–H groups in total. The zero-order valence-corrected chi connectivity index (χ0v) is 28.7. The van der Waals surface area contributed by atoms with Gasteiger partial charge < -0.3 is 9.47 Å². The molecule has 51 heavy (non-hydrogen) atoms. The Kier molecular flexibility index (Phi) is 6.56. The number of anilines is 3. The third kappa shape index (κ3) is 4.43. The number of rotatable bonds is 5. The minimum Gasteiger partial charge on any atom is -0.309 e. The predicted octanol–water partition coefficient (Wildman–Crippen LogP) is 13.4. The van der Waals surface area contributed by atoms with Crippen molar-refractivity contribution >= 4 is 49.6 Å². The van der Waals surface area contributed by atoms with E-state index in [1.807, 2.05) is 0 Å². The van der Waals surface area contributed by atoms with Crippen molar-refractivity contribution in [3.63, 3.8) is 0 Å². The largest absolute Gasteiger partial charge is 0.309 e. The molecular weight excluding hydrogens is 617 g/mol. The van der Waals surface area contributed by atoms with Gasteiger partial charge in [-0.2, -0.15) is 0 Å². The number of benzene rings is 8. The summed E-state index contributed by atoms with van der Waals surface area (Å²) in [6.45, 7) is 4.71. The first-order valence-corrected chi connectivity index (χ1v) is 17.8. The first-order valence-electron chi connectivity index (χ1n) is 17.8. The molecule has 0 saturated carbocycles. The molecule has 0 saturated heterocycles. The zero-order valence-electron chi connectivity index (χ0n) is 28.7. The highest BCUT2D eigenvalue weighted by Crippen LogP contribution is 2.55. The van der Waals surface area contributed by atoms with E-state index < -0.39 is 0 Å². The van der Waals surface area contributed by atoms with Gasteiger partial charge in [-0.3, -0.25) is 0 Å². The molecule has 0 radical (unpaired) electrons. The summed E-state index contributed by atoms with van der Waals surface area (Å²) < 4.78 is 2.39. The molecule has 2 heteroatoms. The molecule has 1 heterocycles. The van der Waals surface area contributed by atoms with Gasteiger partial charge >= 0.3 is 0 Å². The van der Waals surface area contributed by atoms with E-state index in [1.165, 1.54) is 71.6 Å². The lowest BCUT2D eigenvalue weighted by Gasteiger charge is -2.31. The van der Waals surface area contributed by atoms with E-state index in [1.54, 1.807) is 0 Å². The topological polar surface area (TPSA) is 8.17 Å². The van der Waals surface area contributed by atoms with Crippen LogP contribution in [0.5, 0.6) is 0 Å². The Morgan fingerprint density at radius 3 is 1.71 bits per heavy atom. The molecule has 8 aromatic carbocycles. The van der Waals surface area contributed by atoms with E-state index in [-0.39, 0.29) is 5.41 Å². The highest BCUT2D eigenvalue weighted by atomic mass is 15.1. The summed E-state index contributed by atoms with van der Waals surface area (Å²) in [5, 5.41) is 5.02. The molecule has 0 atom stereocenters. The van der Waals surface area contributed by atoms with E-state index in [9.17, 15) is 0 Å². The van der Waals surface area contributed by atoms with Crippen LogP contribution in [0.1, 0.15) is 25.0 Å². The Bertz CT molecular complexity index is 2720. The van der Waals surface area contributed by atoms with Gasteiger partial charge in [-0.25, -0.2) is 0 Å². The number of hydrogen-bond donors (Lipinski definition) is 0. The molecule has 0 unspecified atom stereocenters. The molecule has 242 valence electrons. The predicted molar refractivity (Wildman–Crippen MR) is 216 cm³/mol. The smallest absolute Gasteiger partial charge is 0.0543 e. The van der Waals surface area contributed by atoms with Crippen molar-refractivity contribution in [1.29, 1.82) is 0 Å². The Morgan fingerprint density at radius 2 is 0.941 bits per heavy atom. The minimum atomic E-state index is -0.108. The second-order valence-electron chi connectivity index (χ2n) is 14.1. The van der Waals surface area contributed by atoms with Crippen molar-refractivity contribution in [1.82, 2.24) is 4.57 Å². The van der Waals surface area contributed by atoms with E-state index in [4.69, 9.17) is 0 Å². The van der Waals surface area contributed by atoms with Gasteiger partial charge in [0.25, 0.3) is 0 Å². The number of para-hydroxylation sites is 3. The quantitative estimate of drug-likeness (QED) is 0.180. The van der Waals surface area contributed by atoms with Crippen molar-refractivity contribution in [3.8, 4) is 27.9 Å². The lowest BCUT2D eigenvalue weighted by Crippen LogP contribution is -2.16. The first kappa shape index (κ1) is 29.5. The fourth-order valence-electron chi connectivity index (χ4n) is 8.64. The van der Waals surface area contributed by atoms with Crippen LogP contribution in [-0.4, -0.2) is 4.57 Å². The Hall–Kier alpha value is -6.38. The van der Waals surface area contributed by atoms with Crippen LogP contribution < -0.4 is 4.90 Å². The second kappa shape index (κ2) is 11.3. The SMILES string of the molecule is CC1(C)c2ccccc2-c2c(N(c3ccc(-n4c5ccccc5c5ccccc54)cc3)c3ccccc3-c3cccc4ccccc34)cccc21. The summed E-state index contributed by atoms with van der Waals surface area (Å²) in [5.41, 5.74) is 14.7. The van der Waals surface area contributed by atoms with Crippen molar-refractivity contribution in [3.05, 3.63) is 193 Å². The van der Waals surface area contributed by atoms with Crippen LogP contribution in [0.4, 0.5) is 17.1 Å². The highest BCUT2D eigenvalue weighted by Gasteiger charge is 2.38. The molecule has 9 aromatic rings. The highest BCUT2D eigenvalue weighted by molar-refractivity contribution is 6.09. The summed E-state index contributed by atoms with van der Waals surface area (Å²) >= 11 is 0. The van der Waals surface area contributed by atoms with Crippen LogP contribution >= 0.6 is 0 Å². The average Bonchev–Trinajstić information content (AvgIpc) is 3.64. The molecular formula is C49H36N2. The Balaban J connectivity index is 1.23. The molecule has 0 amide bonds. The van der Waals surface area contributed by atoms with Crippen molar-refractivity contribution < 1.29 is 0 Å². The molecule has 0 aliphatic heterocycles. The van der Waals surface area contributed by atoms with Gasteiger partial charge in [-0.1, -0.05) is 147 Å². The van der Waals surface area contributed by atoms with Gasteiger partial charge in [0, 0.05) is 38.7 Å². The van der Waals surface area contributed by atoms with Crippen molar-refractivity contribution in [2.24, 2.45) is 0 Å². The summed E-state index contributed by atoms with van der Waals surface area (Å²) in [6.07, 6.45) is 0. The summed E-state index contributed by atoms with van der Waals surface area (Å²) in [6, 6.07) is 66.6. The van der Waals surface area contributed by atoms with E-state index in [2.05, 4.69) is 205 Å². The van der Waals surface area contributed by atoms with Gasteiger partial charge in [0.2, 0.25) is 0 Å². The normalized spacial score (nSPS) is 13.1. The van der Waals surface area contributed by atoms with Crippen molar-refractivity contribution in [2.75, 3.05) is 4.90 Å². The van der Waals surface area contributed by atoms with E-state index >= 15 is 0 Å². The third-order valence-corrected chi connectivity index (χ3v) is 11.0. The third-order valence-electron chi connectivity index (χ3n) is 11.0. The zero-order chi connectivity index (χ0) is 34.1. The van der Waals surface area contributed by atoms with Gasteiger partial charge in [0.05, 0.1) is 22.4 Å². The molecule has 0 spiro atoms. The molecule has 1 aliphatic rings. The van der Waals surface area contributed by atoms with Gasteiger partial charge in [0.15, 0.2) is 0 Å². The fraction of sp³-hybridized carbons (Fsp3) is 0.0612. The molecule has 0 fully saturated rings. The average molecular weight is 653 g/mol. The van der Waals surface area contributed by atoms with Crippen LogP contribution in [0.2, 0.25) is 0 Å². The molecule has 10 rings (SSSR count). The number of fused-ring (bicyclic) bond motifs is 7. The Morgan fingerprint density at radius 1 is 0.412 bits per heavy atom. The van der Waals surface area contributed by atoms with E-state index in [0.29, 0.717) is 0 Å². The maximum atomic E-state index is 2.49. The molecule has 1 aromatic heterocycles. The monoisotopic (exact) mass is 652 g/mol. The van der Waals surface area contributed by atoms with Gasteiger partial charge in [-0.05, 0) is 81.6 Å². The Labute approximate surface area is 298 Å². The maximum Gasteiger partial charge on any atom is 0.0543 e. The van der Waals surface area contributed by atoms with E-state index in [0.717, 1.165) is 17.1 Å². The van der Waals surface area contributed by atoms with Crippen molar-refractivity contribution in [2.45, 2.75) is 19.3 Å². The fourth-order valence-corrected chi connectivity index (χ4v) is 8.64. The van der Waals surface area contributed by atoms with Crippen LogP contribution in [0.15, 0.2) is 182 Å². The number of nitrogens with zero attached hydrogens (tertiary/aromatic N) is 2. The van der Waals surface area contributed by atoms with Gasteiger partial charge in [0.1, 0.15) is 0 Å². The summed E-state index contributed by atoms with van der Waals surface area (Å²) in [4.78, 5) is 2.49. The first-order chi connectivity index (χ1) is 25.1.